The quantitative estimate of drug-likeness (QED) is 0.662. The number of rotatable bonds is 4. The lowest BCUT2D eigenvalue weighted by Crippen LogP contribution is -2.29. The Morgan fingerprint density at radius 2 is 2.14 bits per heavy atom. The molecule has 1 aromatic heterocycles. The molecule has 0 spiro atoms. The van der Waals surface area contributed by atoms with Gasteiger partial charge < -0.3 is 9.47 Å². The second-order valence-corrected chi connectivity index (χ2v) is 5.58. The molecule has 1 atom stereocenters. The average molecular weight is 306 g/mol. The molecule has 1 aliphatic heterocycles. The van der Waals surface area contributed by atoms with Crippen molar-refractivity contribution in [2.45, 2.75) is 25.8 Å². The first kappa shape index (κ1) is 14.2. The Labute approximate surface area is 127 Å². The van der Waals surface area contributed by atoms with Crippen LogP contribution in [0.5, 0.6) is 11.5 Å². The predicted molar refractivity (Wildman–Crippen MR) is 80.5 cm³/mol. The number of nitrogens with one attached hydrogen (secondary N) is 1. The standard InChI is InChI=1S/C14H18N4O2S/c1-2-10-14(21-18-17-10)13(16-15)9-4-5-11-12(8-9)20-7-3-6-19-11/h4-5,8,13,16H,2-3,6-7,15H2,1H3. The van der Waals surface area contributed by atoms with E-state index in [0.29, 0.717) is 13.2 Å². The van der Waals surface area contributed by atoms with Crippen molar-refractivity contribution >= 4 is 11.5 Å². The minimum Gasteiger partial charge on any atom is -0.490 e. The Balaban J connectivity index is 1.96. The number of nitrogens with two attached hydrogens (primary N) is 1. The monoisotopic (exact) mass is 306 g/mol. The van der Waals surface area contributed by atoms with Crippen LogP contribution in [0.4, 0.5) is 0 Å². The fourth-order valence-electron chi connectivity index (χ4n) is 2.36. The molecule has 0 fully saturated rings. The largest absolute Gasteiger partial charge is 0.490 e. The molecular weight excluding hydrogens is 288 g/mol. The van der Waals surface area contributed by atoms with Crippen molar-refractivity contribution in [2.24, 2.45) is 5.84 Å². The normalized spacial score (nSPS) is 15.5. The summed E-state index contributed by atoms with van der Waals surface area (Å²) in [5.74, 6) is 7.30. The van der Waals surface area contributed by atoms with Crippen LogP contribution >= 0.6 is 11.5 Å². The van der Waals surface area contributed by atoms with E-state index in [1.165, 1.54) is 11.5 Å². The topological polar surface area (TPSA) is 82.3 Å². The molecule has 6 nitrogen and oxygen atoms in total. The third kappa shape index (κ3) is 2.85. The van der Waals surface area contributed by atoms with Crippen LogP contribution in [-0.2, 0) is 6.42 Å². The Hall–Kier alpha value is -1.70. The first-order chi connectivity index (χ1) is 10.3. The molecule has 2 heterocycles. The predicted octanol–water partition coefficient (Wildman–Crippen LogP) is 1.81. The van der Waals surface area contributed by atoms with E-state index in [4.69, 9.17) is 15.3 Å². The molecule has 0 bridgehead atoms. The molecule has 21 heavy (non-hydrogen) atoms. The van der Waals surface area contributed by atoms with Crippen molar-refractivity contribution < 1.29 is 9.47 Å². The zero-order valence-corrected chi connectivity index (χ0v) is 12.7. The van der Waals surface area contributed by atoms with Gasteiger partial charge in [-0.15, -0.1) is 5.10 Å². The number of benzene rings is 1. The number of hydrogen-bond donors (Lipinski definition) is 2. The van der Waals surface area contributed by atoms with Crippen LogP contribution in [0.1, 0.15) is 35.5 Å². The Morgan fingerprint density at radius 1 is 1.33 bits per heavy atom. The summed E-state index contributed by atoms with van der Waals surface area (Å²) in [5, 5.41) is 4.15. The fraction of sp³-hybridized carbons (Fsp3) is 0.429. The van der Waals surface area contributed by atoms with Crippen LogP contribution in [0.25, 0.3) is 0 Å². The molecule has 1 aliphatic rings. The maximum atomic E-state index is 5.76. The van der Waals surface area contributed by atoms with Crippen molar-refractivity contribution in [3.8, 4) is 11.5 Å². The zero-order chi connectivity index (χ0) is 14.7. The molecule has 0 saturated carbocycles. The van der Waals surface area contributed by atoms with Gasteiger partial charge in [0.2, 0.25) is 0 Å². The van der Waals surface area contributed by atoms with E-state index in [1.807, 2.05) is 18.2 Å². The third-order valence-electron chi connectivity index (χ3n) is 3.45. The summed E-state index contributed by atoms with van der Waals surface area (Å²) in [6.07, 6.45) is 1.72. The van der Waals surface area contributed by atoms with E-state index in [1.54, 1.807) is 0 Å². The number of ether oxygens (including phenoxy) is 2. The molecule has 2 aromatic rings. The van der Waals surface area contributed by atoms with E-state index in [-0.39, 0.29) is 6.04 Å². The third-order valence-corrected chi connectivity index (χ3v) is 4.29. The molecule has 0 amide bonds. The van der Waals surface area contributed by atoms with E-state index < -0.39 is 0 Å². The van der Waals surface area contributed by atoms with Gasteiger partial charge in [-0.25, -0.2) is 5.43 Å². The summed E-state index contributed by atoms with van der Waals surface area (Å²) in [7, 11) is 0. The summed E-state index contributed by atoms with van der Waals surface area (Å²) >= 11 is 1.37. The highest BCUT2D eigenvalue weighted by Crippen LogP contribution is 2.35. The molecule has 0 aliphatic carbocycles. The second kappa shape index (κ2) is 6.38. The molecule has 1 aromatic carbocycles. The average Bonchev–Trinajstić information content (AvgIpc) is 2.85. The van der Waals surface area contributed by atoms with E-state index in [0.717, 1.165) is 40.5 Å². The van der Waals surface area contributed by atoms with Gasteiger partial charge in [0.25, 0.3) is 0 Å². The molecule has 3 N–H and O–H groups in total. The smallest absolute Gasteiger partial charge is 0.161 e. The maximum Gasteiger partial charge on any atom is 0.161 e. The van der Waals surface area contributed by atoms with Crippen LogP contribution < -0.4 is 20.7 Å². The summed E-state index contributed by atoms with van der Waals surface area (Å²) in [6.45, 7) is 3.41. The zero-order valence-electron chi connectivity index (χ0n) is 11.8. The first-order valence-corrected chi connectivity index (χ1v) is 7.77. The number of aryl methyl sites for hydroxylation is 1. The highest BCUT2D eigenvalue weighted by atomic mass is 32.1. The Kier molecular flexibility index (Phi) is 4.33. The number of hydrazine groups is 1. The number of fused-ring (bicyclic) bond motifs is 1. The minimum absolute atomic E-state index is 0.142. The van der Waals surface area contributed by atoms with Crippen molar-refractivity contribution in [2.75, 3.05) is 13.2 Å². The van der Waals surface area contributed by atoms with Crippen molar-refractivity contribution in [3.05, 3.63) is 34.3 Å². The van der Waals surface area contributed by atoms with E-state index >= 15 is 0 Å². The summed E-state index contributed by atoms with van der Waals surface area (Å²) in [5.41, 5.74) is 4.84. The molecule has 0 radical (unpaired) electrons. The minimum atomic E-state index is -0.142. The lowest BCUT2D eigenvalue weighted by molar-refractivity contribution is 0.297. The van der Waals surface area contributed by atoms with E-state index in [2.05, 4.69) is 21.9 Å². The van der Waals surface area contributed by atoms with Gasteiger partial charge in [-0.2, -0.15) is 0 Å². The van der Waals surface area contributed by atoms with Gasteiger partial charge in [-0.1, -0.05) is 17.5 Å². The maximum absolute atomic E-state index is 5.76. The lowest BCUT2D eigenvalue weighted by Gasteiger charge is -2.17. The van der Waals surface area contributed by atoms with Gasteiger partial charge >= 0.3 is 0 Å². The van der Waals surface area contributed by atoms with Gasteiger partial charge in [0, 0.05) is 6.42 Å². The van der Waals surface area contributed by atoms with Crippen LogP contribution in [0, 0.1) is 0 Å². The molecule has 1 unspecified atom stereocenters. The highest BCUT2D eigenvalue weighted by molar-refractivity contribution is 7.05. The van der Waals surface area contributed by atoms with Crippen LogP contribution in [0.15, 0.2) is 18.2 Å². The molecule has 112 valence electrons. The Bertz CT molecular complexity index is 617. The molecule has 7 heteroatoms. The van der Waals surface area contributed by atoms with Gasteiger partial charge in [0.05, 0.1) is 29.8 Å². The summed E-state index contributed by atoms with van der Waals surface area (Å²) < 4.78 is 15.4. The lowest BCUT2D eigenvalue weighted by atomic mass is 10.0. The summed E-state index contributed by atoms with van der Waals surface area (Å²) in [6, 6.07) is 5.76. The van der Waals surface area contributed by atoms with Gasteiger partial charge in [0.15, 0.2) is 11.5 Å². The van der Waals surface area contributed by atoms with Crippen molar-refractivity contribution in [1.82, 2.24) is 15.0 Å². The second-order valence-electron chi connectivity index (χ2n) is 4.79. The van der Waals surface area contributed by atoms with Gasteiger partial charge in [-0.3, -0.25) is 5.84 Å². The van der Waals surface area contributed by atoms with Crippen molar-refractivity contribution in [1.29, 1.82) is 0 Å². The van der Waals surface area contributed by atoms with Gasteiger partial charge in [0.1, 0.15) is 0 Å². The highest BCUT2D eigenvalue weighted by Gasteiger charge is 2.21. The fourth-order valence-corrected chi connectivity index (χ4v) is 3.19. The molecule has 3 rings (SSSR count). The summed E-state index contributed by atoms with van der Waals surface area (Å²) in [4.78, 5) is 1.04. The van der Waals surface area contributed by atoms with Gasteiger partial charge in [-0.05, 0) is 35.6 Å². The number of hydrogen-bond acceptors (Lipinski definition) is 7. The van der Waals surface area contributed by atoms with E-state index in [9.17, 15) is 0 Å². The molecular formula is C14H18N4O2S. The Morgan fingerprint density at radius 3 is 2.90 bits per heavy atom. The number of aromatic nitrogens is 2. The van der Waals surface area contributed by atoms with Crippen LogP contribution in [0.3, 0.4) is 0 Å². The van der Waals surface area contributed by atoms with Crippen molar-refractivity contribution in [3.63, 3.8) is 0 Å². The SMILES string of the molecule is CCc1nnsc1C(NN)c1ccc2c(c1)OCCCO2. The van der Waals surface area contributed by atoms with Crippen LogP contribution in [0.2, 0.25) is 0 Å². The number of nitrogens with zero attached hydrogens (tertiary/aromatic N) is 2. The van der Waals surface area contributed by atoms with Crippen LogP contribution in [-0.4, -0.2) is 22.8 Å². The molecule has 0 saturated heterocycles. The first-order valence-electron chi connectivity index (χ1n) is 7.00.